The Morgan fingerprint density at radius 1 is 0.473 bits per heavy atom. The molecule has 0 N–H and O–H groups in total. The summed E-state index contributed by atoms with van der Waals surface area (Å²) in [6.45, 7) is 11.0. The minimum atomic E-state index is -0.0214. The van der Waals surface area contributed by atoms with E-state index in [4.69, 9.17) is 0 Å². The first-order valence-corrected chi connectivity index (χ1v) is 21.2. The third-order valence-corrected chi connectivity index (χ3v) is 15.2. The molecule has 2 nitrogen and oxygen atoms in total. The molecule has 2 heteroatoms. The van der Waals surface area contributed by atoms with Crippen LogP contribution in [0.4, 0.5) is 22.7 Å². The van der Waals surface area contributed by atoms with Crippen LogP contribution in [0.15, 0.2) is 121 Å². The number of nitrogens with zero attached hydrogens (tertiary/aromatic N) is 2. The molecule has 0 spiro atoms. The van der Waals surface area contributed by atoms with Crippen LogP contribution in [0.5, 0.6) is 0 Å². The summed E-state index contributed by atoms with van der Waals surface area (Å²) in [6.07, 6.45) is 11.4. The molecule has 2 atom stereocenters. The lowest BCUT2D eigenvalue weighted by Gasteiger charge is -2.50. The second-order valence-electron chi connectivity index (χ2n) is 18.0. The zero-order valence-electron chi connectivity index (χ0n) is 33.0. The van der Waals surface area contributed by atoms with Crippen molar-refractivity contribution in [3.8, 4) is 0 Å². The number of benzene rings is 8. The van der Waals surface area contributed by atoms with Gasteiger partial charge in [0.05, 0.1) is 5.54 Å². The summed E-state index contributed by atoms with van der Waals surface area (Å²) in [4.78, 5) is 5.44. The fraction of sp³-hybridized carbons (Fsp3) is 0.321. The molecule has 274 valence electrons. The third-order valence-electron chi connectivity index (χ3n) is 15.2. The third kappa shape index (κ3) is 4.49. The van der Waals surface area contributed by atoms with Gasteiger partial charge in [0.1, 0.15) is 0 Å². The molecule has 11 rings (SSSR count). The Kier molecular flexibility index (Phi) is 7.23. The van der Waals surface area contributed by atoms with Gasteiger partial charge in [0.15, 0.2) is 0 Å². The Hall–Kier alpha value is -5.08. The molecule has 0 aromatic heterocycles. The van der Waals surface area contributed by atoms with Crippen LogP contribution in [-0.2, 0) is 10.8 Å². The van der Waals surface area contributed by atoms with Gasteiger partial charge in [0.2, 0.25) is 0 Å². The summed E-state index contributed by atoms with van der Waals surface area (Å²) in [6, 6.07) is 47.1. The first-order chi connectivity index (χ1) is 26.8. The summed E-state index contributed by atoms with van der Waals surface area (Å²) >= 11 is 0. The molecule has 55 heavy (non-hydrogen) atoms. The second kappa shape index (κ2) is 12.0. The highest BCUT2D eigenvalue weighted by molar-refractivity contribution is 6.28. The lowest BCUT2D eigenvalue weighted by molar-refractivity contribution is 0.196. The average molecular weight is 717 g/mol. The number of hydrogen-bond acceptors (Lipinski definition) is 2. The fourth-order valence-corrected chi connectivity index (χ4v) is 12.3. The van der Waals surface area contributed by atoms with Crippen LogP contribution in [0.25, 0.3) is 53.9 Å². The highest BCUT2D eigenvalue weighted by Crippen LogP contribution is 2.63. The van der Waals surface area contributed by atoms with Crippen LogP contribution < -0.4 is 9.80 Å². The monoisotopic (exact) mass is 716 g/mol. The van der Waals surface area contributed by atoms with Crippen LogP contribution >= 0.6 is 0 Å². The molecule has 0 bridgehead atoms. The molecule has 2 aliphatic carbocycles. The molecule has 0 saturated heterocycles. The maximum absolute atomic E-state index is 2.80. The molecule has 1 aliphatic heterocycles. The van der Waals surface area contributed by atoms with Crippen molar-refractivity contribution in [2.24, 2.45) is 0 Å². The molecule has 8 aromatic rings. The van der Waals surface area contributed by atoms with Crippen LogP contribution in [-0.4, -0.2) is 12.1 Å². The first-order valence-electron chi connectivity index (χ1n) is 21.2. The van der Waals surface area contributed by atoms with E-state index in [-0.39, 0.29) is 16.4 Å². The van der Waals surface area contributed by atoms with E-state index in [2.05, 4.69) is 159 Å². The van der Waals surface area contributed by atoms with E-state index >= 15 is 0 Å². The van der Waals surface area contributed by atoms with Gasteiger partial charge in [0.25, 0.3) is 0 Å². The van der Waals surface area contributed by atoms with E-state index in [0.29, 0.717) is 0 Å². The molecular formula is C53H52N2. The van der Waals surface area contributed by atoms with Crippen molar-refractivity contribution in [3.63, 3.8) is 0 Å². The smallest absolute Gasteiger partial charge is 0.0518 e. The number of fused-ring (bicyclic) bond motifs is 6. The number of hydrogen-bond donors (Lipinski definition) is 0. The lowest BCUT2D eigenvalue weighted by Crippen LogP contribution is -2.54. The van der Waals surface area contributed by atoms with Gasteiger partial charge in [-0.05, 0) is 123 Å². The summed E-state index contributed by atoms with van der Waals surface area (Å²) in [5.74, 6) is 0. The minimum absolute atomic E-state index is 0.0214. The van der Waals surface area contributed by atoms with Gasteiger partial charge in [-0.15, -0.1) is 0 Å². The maximum Gasteiger partial charge on any atom is 0.0518 e. The Balaban J connectivity index is 1.14. The Labute approximate surface area is 326 Å². The predicted molar refractivity (Wildman–Crippen MR) is 238 cm³/mol. The second-order valence-corrected chi connectivity index (χ2v) is 18.0. The quantitative estimate of drug-likeness (QED) is 0.164. The maximum atomic E-state index is 2.80. The Morgan fingerprint density at radius 3 is 1.76 bits per heavy atom. The largest absolute Gasteiger partial charge is 0.341 e. The van der Waals surface area contributed by atoms with Gasteiger partial charge >= 0.3 is 0 Å². The van der Waals surface area contributed by atoms with E-state index in [1.807, 2.05) is 0 Å². The molecule has 8 aromatic carbocycles. The molecule has 2 saturated carbocycles. The topological polar surface area (TPSA) is 6.48 Å². The molecule has 0 amide bonds. The van der Waals surface area contributed by atoms with Gasteiger partial charge in [-0.1, -0.05) is 143 Å². The fourth-order valence-electron chi connectivity index (χ4n) is 12.3. The number of anilines is 4. The average Bonchev–Trinajstić information content (AvgIpc) is 3.43. The van der Waals surface area contributed by atoms with Gasteiger partial charge in [0, 0.05) is 45.5 Å². The van der Waals surface area contributed by atoms with E-state index < -0.39 is 0 Å². The minimum Gasteiger partial charge on any atom is -0.341 e. The molecule has 2 fully saturated rings. The van der Waals surface area contributed by atoms with Crippen LogP contribution in [0.1, 0.15) is 96.6 Å². The van der Waals surface area contributed by atoms with Gasteiger partial charge in [-0.25, -0.2) is 0 Å². The molecule has 2 unspecified atom stereocenters. The highest BCUT2D eigenvalue weighted by Gasteiger charge is 2.58. The van der Waals surface area contributed by atoms with Crippen LogP contribution in [0.2, 0.25) is 0 Å². The lowest BCUT2D eigenvalue weighted by atomic mass is 9.61. The molecule has 0 radical (unpaired) electrons. The van der Waals surface area contributed by atoms with Crippen molar-refractivity contribution in [2.75, 3.05) is 16.3 Å². The van der Waals surface area contributed by atoms with Crippen molar-refractivity contribution in [1.29, 1.82) is 0 Å². The van der Waals surface area contributed by atoms with Crippen molar-refractivity contribution in [1.82, 2.24) is 0 Å². The SMILES string of the molecule is CCN(c1ccc2ccccc2c1C1(C)CCCCC1)c1ccc2ccc3c(N4c5ccc6ccccc6c5C5(C)CCCCC45C)ccc4ccc1c2c43. The summed E-state index contributed by atoms with van der Waals surface area (Å²) in [5, 5.41) is 13.7. The summed E-state index contributed by atoms with van der Waals surface area (Å²) in [7, 11) is 0. The first kappa shape index (κ1) is 33.3. The van der Waals surface area contributed by atoms with E-state index in [9.17, 15) is 0 Å². The Bertz CT molecular complexity index is 2810. The van der Waals surface area contributed by atoms with Crippen LogP contribution in [0, 0.1) is 0 Å². The van der Waals surface area contributed by atoms with Gasteiger partial charge < -0.3 is 9.80 Å². The molecule has 1 heterocycles. The zero-order valence-corrected chi connectivity index (χ0v) is 33.0. The van der Waals surface area contributed by atoms with E-state index in [0.717, 1.165) is 6.54 Å². The normalized spacial score (nSPS) is 22.2. The molecular weight excluding hydrogens is 665 g/mol. The van der Waals surface area contributed by atoms with Gasteiger partial charge in [-0.3, -0.25) is 0 Å². The molecule has 3 aliphatic rings. The predicted octanol–water partition coefficient (Wildman–Crippen LogP) is 15.0. The number of rotatable bonds is 5. The van der Waals surface area contributed by atoms with Gasteiger partial charge in [-0.2, -0.15) is 0 Å². The summed E-state index contributed by atoms with van der Waals surface area (Å²) in [5.41, 5.74) is 8.74. The van der Waals surface area contributed by atoms with E-state index in [1.165, 1.54) is 134 Å². The van der Waals surface area contributed by atoms with Crippen molar-refractivity contribution in [2.45, 2.75) is 102 Å². The van der Waals surface area contributed by atoms with Crippen molar-refractivity contribution < 1.29 is 0 Å². The summed E-state index contributed by atoms with van der Waals surface area (Å²) < 4.78 is 0. The van der Waals surface area contributed by atoms with Crippen LogP contribution in [0.3, 0.4) is 0 Å². The standard InChI is InChI=1S/C53H52N2/c1-5-54(45-29-21-35-15-7-9-17-39(35)49(45)51(2)31-11-6-12-32-51)43-27-23-37-20-26-42-44(28-24-38-19-25-41(43)47(37)48(38)42)55-46-30-22-36-16-8-10-18-40(36)50(46)52(3)33-13-14-34-53(52,55)4/h7-10,15-30H,5-6,11-14,31-34H2,1-4H3. The van der Waals surface area contributed by atoms with Crippen molar-refractivity contribution >= 4 is 76.6 Å². The Morgan fingerprint density at radius 2 is 1.02 bits per heavy atom. The van der Waals surface area contributed by atoms with Crippen molar-refractivity contribution in [3.05, 3.63) is 132 Å². The highest BCUT2D eigenvalue weighted by atomic mass is 15.3. The van der Waals surface area contributed by atoms with E-state index in [1.54, 1.807) is 11.1 Å². The zero-order chi connectivity index (χ0) is 37.1.